The summed E-state index contributed by atoms with van der Waals surface area (Å²) in [5.74, 6) is -1.19. The number of esters is 2. The minimum atomic E-state index is -0.337. The summed E-state index contributed by atoms with van der Waals surface area (Å²) in [4.78, 5) is 60.1. The smallest absolute Gasteiger partial charge is 0.305 e. The Morgan fingerprint density at radius 3 is 1.93 bits per heavy atom. The van der Waals surface area contributed by atoms with E-state index in [0.29, 0.717) is 35.4 Å². The number of hydrogen-bond donors (Lipinski definition) is 3. The molecular weight excluding hydrogens is 627 g/mol. The Kier molecular flexibility index (Phi) is 11.7. The van der Waals surface area contributed by atoms with Crippen molar-refractivity contribution in [3.8, 4) is 0 Å². The van der Waals surface area contributed by atoms with Crippen LogP contribution in [-0.4, -0.2) is 53.7 Å². The molecule has 2 amide bonds. The first-order valence-corrected chi connectivity index (χ1v) is 14.5. The van der Waals surface area contributed by atoms with E-state index in [1.807, 2.05) is 39.0 Å². The number of nitrogens with zero attached hydrogens (tertiary/aromatic N) is 1. The Bertz CT molecular complexity index is 1900. The topological polar surface area (TPSA) is 143 Å². The third-order valence-corrected chi connectivity index (χ3v) is 8.31. The van der Waals surface area contributed by atoms with Gasteiger partial charge in [0.2, 0.25) is 0 Å². The minimum Gasteiger partial charge on any atom is -0.469 e. The van der Waals surface area contributed by atoms with Crippen molar-refractivity contribution in [3.63, 3.8) is 0 Å². The number of hydrogen-bond acceptors (Lipinski definition) is 6. The molecule has 0 saturated carbocycles. The first-order chi connectivity index (χ1) is 21.4. The molecule has 3 N–H and O–H groups in total. The van der Waals surface area contributed by atoms with Crippen molar-refractivity contribution in [2.75, 3.05) is 14.2 Å². The van der Waals surface area contributed by atoms with Gasteiger partial charge in [0.25, 0.3) is 11.8 Å². The van der Waals surface area contributed by atoms with Crippen molar-refractivity contribution >= 4 is 47.7 Å². The van der Waals surface area contributed by atoms with Gasteiger partial charge in [-0.2, -0.15) is 0 Å². The zero-order valence-corrected chi connectivity index (χ0v) is 28.1. The van der Waals surface area contributed by atoms with Crippen LogP contribution in [0, 0.1) is 13.8 Å². The van der Waals surface area contributed by atoms with Gasteiger partial charge in [-0.1, -0.05) is 25.3 Å². The van der Waals surface area contributed by atoms with Crippen molar-refractivity contribution in [1.82, 2.24) is 15.3 Å². The number of ether oxygens (including phenoxy) is 2. The maximum absolute atomic E-state index is 12.4. The number of allylic oxidation sites excluding steroid dienone is 2. The zero-order valence-electron chi connectivity index (χ0n) is 26.9. The van der Waals surface area contributed by atoms with E-state index in [0.717, 1.165) is 55.5 Å². The molecular formula is C35H38MnN4O6. The molecule has 0 aromatic carbocycles. The molecule has 0 spiro atoms. The van der Waals surface area contributed by atoms with E-state index in [1.54, 1.807) is 13.0 Å². The van der Waals surface area contributed by atoms with Gasteiger partial charge >= 0.3 is 11.9 Å². The number of carbonyl (C=O) groups excluding carboxylic acids is 4. The Hall–Kier alpha value is -4.73. The van der Waals surface area contributed by atoms with Gasteiger partial charge in [0.15, 0.2) is 0 Å². The second kappa shape index (κ2) is 15.0. The number of amides is 2. The number of methoxy groups -OCH3 is 2. The summed E-state index contributed by atoms with van der Waals surface area (Å²) in [5, 5.41) is 4.38. The molecule has 0 saturated heterocycles. The first-order valence-electron chi connectivity index (χ1n) is 14.5. The molecule has 2 aromatic heterocycles. The van der Waals surface area contributed by atoms with Crippen LogP contribution in [-0.2, 0) is 58.6 Å². The van der Waals surface area contributed by atoms with Crippen LogP contribution in [0.5, 0.6) is 0 Å². The van der Waals surface area contributed by atoms with E-state index >= 15 is 0 Å². The van der Waals surface area contributed by atoms with Gasteiger partial charge in [0, 0.05) is 68.7 Å². The van der Waals surface area contributed by atoms with Crippen LogP contribution in [0.1, 0.15) is 60.3 Å². The quantitative estimate of drug-likeness (QED) is 0.249. The molecule has 0 unspecified atom stereocenters. The predicted octanol–water partition coefficient (Wildman–Crippen LogP) is 3.23. The number of H-pyrrole nitrogens is 2. The molecule has 0 fully saturated rings. The predicted molar refractivity (Wildman–Crippen MR) is 173 cm³/mol. The molecule has 4 rings (SSSR count). The fraction of sp³-hybridized carbons (Fsp3) is 0.286. The molecule has 241 valence electrons. The van der Waals surface area contributed by atoms with Crippen LogP contribution in [0.3, 0.4) is 0 Å². The molecule has 0 bridgehead atoms. The summed E-state index contributed by atoms with van der Waals surface area (Å²) in [6.07, 6.45) is 9.92. The molecule has 46 heavy (non-hydrogen) atoms. The van der Waals surface area contributed by atoms with Gasteiger partial charge in [-0.3, -0.25) is 19.2 Å². The van der Waals surface area contributed by atoms with Crippen LogP contribution in [0.4, 0.5) is 0 Å². The van der Waals surface area contributed by atoms with Gasteiger partial charge in [-0.25, -0.2) is 4.99 Å². The molecule has 2 aliphatic rings. The van der Waals surface area contributed by atoms with E-state index in [1.165, 1.54) is 20.3 Å². The van der Waals surface area contributed by atoms with Gasteiger partial charge < -0.3 is 24.8 Å². The second-order valence-electron chi connectivity index (χ2n) is 10.9. The molecule has 4 heterocycles. The average molecular weight is 666 g/mol. The summed E-state index contributed by atoms with van der Waals surface area (Å²) < 4.78 is 9.80. The summed E-state index contributed by atoms with van der Waals surface area (Å²) >= 11 is 0. The molecule has 0 atom stereocenters. The molecule has 10 nitrogen and oxygen atoms in total. The third-order valence-electron chi connectivity index (χ3n) is 8.31. The summed E-state index contributed by atoms with van der Waals surface area (Å²) in [5.41, 5.74) is 8.76. The largest absolute Gasteiger partial charge is 0.469 e. The van der Waals surface area contributed by atoms with Gasteiger partial charge in [0.05, 0.1) is 25.6 Å². The number of aliphatic imine (C=N–C) groups is 1. The number of nitrogens with one attached hydrogen (secondary N) is 3. The fourth-order valence-corrected chi connectivity index (χ4v) is 5.54. The summed E-state index contributed by atoms with van der Waals surface area (Å²) in [6, 6.07) is 0. The molecule has 0 aliphatic carbocycles. The standard InChI is InChI=1S/C35H38N4O6.Mn/c1-9-22-21(6)34(42)39-29(22)16-27-20(5)25(12-14-33(41)45-8)31(37-27)17-30-24(11-13-32(40)44-7)19(4)26(36-30)15-28-18(3)23(10-2)35(43)38-28;/h9-10,15-17,36-37H,1-2,11-14H2,3-8H3,(H,39,42);/b26-15?,29-16-,30-17-;. The number of rotatable bonds is 11. The third kappa shape index (κ3) is 7.22. The number of aromatic nitrogens is 2. The van der Waals surface area contributed by atoms with Crippen molar-refractivity contribution in [3.05, 3.63) is 97.6 Å². The van der Waals surface area contributed by atoms with E-state index in [-0.39, 0.29) is 53.7 Å². The van der Waals surface area contributed by atoms with Gasteiger partial charge in [-0.05, 0) is 86.6 Å². The van der Waals surface area contributed by atoms with Crippen LogP contribution in [0.25, 0.3) is 18.2 Å². The molecule has 2 aliphatic heterocycles. The van der Waals surface area contributed by atoms with Gasteiger partial charge in [0.1, 0.15) is 0 Å². The Morgan fingerprint density at radius 1 is 0.761 bits per heavy atom. The fourth-order valence-electron chi connectivity index (χ4n) is 5.54. The van der Waals surface area contributed by atoms with Crippen LogP contribution >= 0.6 is 0 Å². The van der Waals surface area contributed by atoms with Crippen molar-refractivity contribution in [1.29, 1.82) is 0 Å². The second-order valence-corrected chi connectivity index (χ2v) is 10.9. The van der Waals surface area contributed by atoms with E-state index in [2.05, 4.69) is 33.4 Å². The van der Waals surface area contributed by atoms with Crippen molar-refractivity contribution < 1.29 is 45.7 Å². The van der Waals surface area contributed by atoms with Gasteiger partial charge in [-0.15, -0.1) is 0 Å². The average Bonchev–Trinajstić information content (AvgIpc) is 3.66. The Balaban J connectivity index is 0.00000576. The maximum atomic E-state index is 12.4. The first kappa shape index (κ1) is 35.7. The Labute approximate surface area is 278 Å². The minimum absolute atomic E-state index is 0. The van der Waals surface area contributed by atoms with Crippen molar-refractivity contribution in [2.24, 2.45) is 4.99 Å². The monoisotopic (exact) mass is 665 g/mol. The van der Waals surface area contributed by atoms with E-state index in [4.69, 9.17) is 9.47 Å². The number of aromatic amines is 2. The molecule has 11 heteroatoms. The Morgan fingerprint density at radius 2 is 1.37 bits per heavy atom. The van der Waals surface area contributed by atoms with Crippen LogP contribution in [0.15, 0.2) is 58.3 Å². The number of carbonyl (C=O) groups is 4. The van der Waals surface area contributed by atoms with Crippen molar-refractivity contribution in [2.45, 2.75) is 53.4 Å². The summed E-state index contributed by atoms with van der Waals surface area (Å²) in [6.45, 7) is 15.1. The van der Waals surface area contributed by atoms with Crippen LogP contribution in [0.2, 0.25) is 0 Å². The molecule has 1 radical (unpaired) electrons. The van der Waals surface area contributed by atoms with Crippen LogP contribution < -0.4 is 16.0 Å². The summed E-state index contributed by atoms with van der Waals surface area (Å²) in [7, 11) is 2.71. The van der Waals surface area contributed by atoms with E-state index < -0.39 is 0 Å². The maximum Gasteiger partial charge on any atom is 0.305 e. The normalized spacial score (nSPS) is 16.2. The SMILES string of the molecule is C=CC1=C(C)C(C=c2[nH]/c(=C\c3[nH]c(/C=C4\NC(=O)C(C)=C4C=C)c(C)c3CCC(=O)OC)c(CCC(=O)OC)c2C)=NC1=O.[Mn]. The van der Waals surface area contributed by atoms with E-state index in [9.17, 15) is 19.2 Å². The molecule has 2 aromatic rings. The zero-order chi connectivity index (χ0) is 33.0.